The van der Waals surface area contributed by atoms with Gasteiger partial charge in [0.25, 0.3) is 0 Å². The highest BCUT2D eigenvalue weighted by Gasteiger charge is 2.36. The largest absolute Gasteiger partial charge is 0.467 e. The van der Waals surface area contributed by atoms with Gasteiger partial charge in [-0.15, -0.1) is 0 Å². The number of ether oxygens (including phenoxy) is 2. The third kappa shape index (κ3) is 4.18. The summed E-state index contributed by atoms with van der Waals surface area (Å²) in [5.74, 6) is 0.969. The molecule has 0 saturated heterocycles. The lowest BCUT2D eigenvalue weighted by Gasteiger charge is -2.35. The van der Waals surface area contributed by atoms with Crippen molar-refractivity contribution in [3.05, 3.63) is 78.4 Å². The third-order valence-corrected chi connectivity index (χ3v) is 7.75. The number of rotatable bonds is 6. The summed E-state index contributed by atoms with van der Waals surface area (Å²) in [4.78, 5) is 0. The number of methoxy groups -OCH3 is 1. The van der Waals surface area contributed by atoms with Gasteiger partial charge in [0.2, 0.25) is 0 Å². The molecule has 3 rings (SSSR count). The van der Waals surface area contributed by atoms with Crippen molar-refractivity contribution in [2.45, 2.75) is 38.3 Å². The first kappa shape index (κ1) is 19.9. The molecule has 1 aliphatic rings. The van der Waals surface area contributed by atoms with Crippen molar-refractivity contribution in [1.82, 2.24) is 0 Å². The van der Waals surface area contributed by atoms with E-state index in [0.717, 1.165) is 5.75 Å². The molecule has 1 atom stereocenters. The molecule has 1 unspecified atom stereocenters. The van der Waals surface area contributed by atoms with Crippen LogP contribution in [0.25, 0.3) is 0 Å². The Labute approximate surface area is 164 Å². The highest BCUT2D eigenvalue weighted by atomic mass is 31.1. The number of hydrogen-bond donors (Lipinski definition) is 0. The summed E-state index contributed by atoms with van der Waals surface area (Å²) in [6.45, 7) is 9.25. The summed E-state index contributed by atoms with van der Waals surface area (Å²) in [6, 6.07) is 17.4. The lowest BCUT2D eigenvalue weighted by Crippen LogP contribution is -2.30. The number of benzene rings is 2. The van der Waals surface area contributed by atoms with E-state index in [1.807, 2.05) is 0 Å². The van der Waals surface area contributed by atoms with Crippen LogP contribution in [-0.2, 0) is 10.2 Å². The zero-order valence-corrected chi connectivity index (χ0v) is 17.8. The quantitative estimate of drug-likeness (QED) is 0.501. The molecule has 0 spiro atoms. The fraction of sp³-hybridized carbons (Fsp3) is 0.333. The zero-order chi connectivity index (χ0) is 19.5. The van der Waals surface area contributed by atoms with E-state index in [2.05, 4.69) is 101 Å². The lowest BCUT2D eigenvalue weighted by atomic mass is 9.86. The summed E-state index contributed by atoms with van der Waals surface area (Å²) in [7, 11) is 0.981. The second-order valence-electron chi connectivity index (χ2n) is 8.07. The van der Waals surface area contributed by atoms with E-state index < -0.39 is 7.92 Å². The van der Waals surface area contributed by atoms with Crippen LogP contribution in [0.1, 0.15) is 33.3 Å². The van der Waals surface area contributed by atoms with Gasteiger partial charge in [0.1, 0.15) is 5.75 Å². The van der Waals surface area contributed by atoms with E-state index in [1.165, 1.54) is 16.2 Å². The predicted octanol–water partition coefficient (Wildman–Crippen LogP) is 5.28. The van der Waals surface area contributed by atoms with Gasteiger partial charge in [-0.1, -0.05) is 93.6 Å². The molecule has 3 heteroatoms. The fourth-order valence-electron chi connectivity index (χ4n) is 3.52. The minimum Gasteiger partial charge on any atom is -0.467 e. The second kappa shape index (κ2) is 8.00. The van der Waals surface area contributed by atoms with Crippen molar-refractivity contribution in [2.75, 3.05) is 13.9 Å². The molecule has 27 heavy (non-hydrogen) atoms. The third-order valence-electron chi connectivity index (χ3n) is 4.84. The Bertz CT molecular complexity index is 819. The van der Waals surface area contributed by atoms with Crippen LogP contribution in [0, 0.1) is 0 Å². The molecule has 2 nitrogen and oxygen atoms in total. The molecule has 2 aromatic rings. The predicted molar refractivity (Wildman–Crippen MR) is 117 cm³/mol. The number of hydrogen-bond acceptors (Lipinski definition) is 2. The number of para-hydroxylation sites is 1. The molecule has 0 radical (unpaired) electrons. The van der Waals surface area contributed by atoms with Gasteiger partial charge >= 0.3 is 0 Å². The van der Waals surface area contributed by atoms with Gasteiger partial charge < -0.3 is 9.47 Å². The molecule has 0 bridgehead atoms. The Balaban J connectivity index is 2.23. The van der Waals surface area contributed by atoms with Crippen molar-refractivity contribution in [1.29, 1.82) is 0 Å². The van der Waals surface area contributed by atoms with Gasteiger partial charge in [0.05, 0.1) is 0 Å². The summed E-state index contributed by atoms with van der Waals surface area (Å²) in [6.07, 6.45) is 8.94. The smallest absolute Gasteiger partial charge is 0.188 e. The molecule has 0 saturated carbocycles. The van der Waals surface area contributed by atoms with E-state index in [1.54, 1.807) is 7.11 Å². The van der Waals surface area contributed by atoms with E-state index >= 15 is 0 Å². The van der Waals surface area contributed by atoms with Crippen molar-refractivity contribution >= 4 is 18.5 Å². The Morgan fingerprint density at radius 2 is 1.59 bits per heavy atom. The maximum atomic E-state index is 6.20. The summed E-state index contributed by atoms with van der Waals surface area (Å²) in [5.41, 5.74) is 1.20. The van der Waals surface area contributed by atoms with Gasteiger partial charge in [0, 0.05) is 23.1 Å². The summed E-state index contributed by atoms with van der Waals surface area (Å²) >= 11 is 0. The number of allylic oxidation sites excluding steroid dienone is 4. The SMILES string of the molecule is COCOc1c(P(c2ccccc2)C2(C)C=CC=C2)cccc1C(C)(C)C. The van der Waals surface area contributed by atoms with Crippen molar-refractivity contribution in [2.24, 2.45) is 0 Å². The van der Waals surface area contributed by atoms with Gasteiger partial charge in [-0.25, -0.2) is 0 Å². The summed E-state index contributed by atoms with van der Waals surface area (Å²) < 4.78 is 11.5. The maximum Gasteiger partial charge on any atom is 0.188 e. The molecular weight excluding hydrogens is 351 g/mol. The van der Waals surface area contributed by atoms with E-state index in [4.69, 9.17) is 9.47 Å². The molecule has 2 aromatic carbocycles. The fourth-order valence-corrected chi connectivity index (χ4v) is 6.44. The second-order valence-corrected chi connectivity index (χ2v) is 10.7. The first-order valence-corrected chi connectivity index (χ1v) is 10.7. The lowest BCUT2D eigenvalue weighted by molar-refractivity contribution is 0.0506. The first-order chi connectivity index (χ1) is 12.9. The van der Waals surface area contributed by atoms with Crippen LogP contribution in [0.4, 0.5) is 0 Å². The molecule has 0 aromatic heterocycles. The van der Waals surface area contributed by atoms with Gasteiger partial charge in [-0.3, -0.25) is 0 Å². The monoisotopic (exact) mass is 380 g/mol. The van der Waals surface area contributed by atoms with Crippen LogP contribution in [-0.4, -0.2) is 19.1 Å². The van der Waals surface area contributed by atoms with Crippen LogP contribution in [0.5, 0.6) is 5.75 Å². The normalized spacial score (nSPS) is 16.5. The van der Waals surface area contributed by atoms with Crippen molar-refractivity contribution in [3.8, 4) is 5.75 Å². The average Bonchev–Trinajstić information content (AvgIpc) is 3.08. The van der Waals surface area contributed by atoms with Crippen LogP contribution in [0.15, 0.2) is 72.8 Å². The van der Waals surface area contributed by atoms with Crippen LogP contribution < -0.4 is 15.3 Å². The maximum absolute atomic E-state index is 6.20. The Hall–Kier alpha value is -1.89. The molecule has 1 aliphatic carbocycles. The van der Waals surface area contributed by atoms with E-state index in [0.29, 0.717) is 0 Å². The van der Waals surface area contributed by atoms with Crippen molar-refractivity contribution in [3.63, 3.8) is 0 Å². The Morgan fingerprint density at radius 3 is 2.19 bits per heavy atom. The molecular formula is C24H29O2P. The average molecular weight is 380 g/mol. The van der Waals surface area contributed by atoms with E-state index in [-0.39, 0.29) is 17.4 Å². The molecule has 0 N–H and O–H groups in total. The topological polar surface area (TPSA) is 18.5 Å². The Kier molecular flexibility index (Phi) is 5.89. The summed E-state index contributed by atoms with van der Waals surface area (Å²) in [5, 5.41) is 2.57. The highest BCUT2D eigenvalue weighted by molar-refractivity contribution is 7.75. The van der Waals surface area contributed by atoms with Crippen LogP contribution in [0.2, 0.25) is 0 Å². The molecule has 0 amide bonds. The van der Waals surface area contributed by atoms with Crippen LogP contribution in [0.3, 0.4) is 0 Å². The standard InChI is InChI=1S/C24H29O2P/c1-23(2,3)20-14-11-15-21(22(20)26-18-25-5)27(19-12-7-6-8-13-19)24(4)16-9-10-17-24/h6-17H,18H2,1-5H3. The Morgan fingerprint density at radius 1 is 0.926 bits per heavy atom. The van der Waals surface area contributed by atoms with Gasteiger partial charge in [0.15, 0.2) is 6.79 Å². The molecule has 0 heterocycles. The van der Waals surface area contributed by atoms with Crippen LogP contribution >= 0.6 is 7.92 Å². The van der Waals surface area contributed by atoms with Gasteiger partial charge in [-0.2, -0.15) is 0 Å². The molecule has 142 valence electrons. The first-order valence-electron chi connectivity index (χ1n) is 9.34. The molecule has 0 fully saturated rings. The van der Waals surface area contributed by atoms with Crippen molar-refractivity contribution < 1.29 is 9.47 Å². The minimum absolute atomic E-state index is 0.0148. The van der Waals surface area contributed by atoms with Gasteiger partial charge in [-0.05, 0) is 25.6 Å². The zero-order valence-electron chi connectivity index (χ0n) is 16.9. The van der Waals surface area contributed by atoms with E-state index in [9.17, 15) is 0 Å². The molecule has 0 aliphatic heterocycles. The minimum atomic E-state index is -0.689. The highest BCUT2D eigenvalue weighted by Crippen LogP contribution is 2.53.